The van der Waals surface area contributed by atoms with Crippen molar-refractivity contribution in [1.29, 1.82) is 5.39 Å². The number of azo groups is 1. The SMILES string of the molecule is Cc1ccc(N=NC(C)(C)C)c([N+]#N)c1.F[B-](F)(F)F. The summed E-state index contributed by atoms with van der Waals surface area (Å²) in [5, 5.41) is 17.0. The van der Waals surface area contributed by atoms with Crippen LogP contribution in [0.3, 0.4) is 0 Å². The van der Waals surface area contributed by atoms with E-state index in [0.29, 0.717) is 11.4 Å². The number of hydrogen-bond donors (Lipinski definition) is 0. The molecule has 0 bridgehead atoms. The third-order valence-electron chi connectivity index (χ3n) is 1.70. The highest BCUT2D eigenvalue weighted by Gasteiger charge is 2.20. The van der Waals surface area contributed by atoms with Gasteiger partial charge in [-0.15, -0.1) is 5.11 Å². The van der Waals surface area contributed by atoms with Crippen molar-refractivity contribution >= 4 is 18.6 Å². The number of nitrogens with zero attached hydrogens (tertiary/aromatic N) is 4. The van der Waals surface area contributed by atoms with Crippen LogP contribution < -0.4 is 0 Å². The van der Waals surface area contributed by atoms with Crippen molar-refractivity contribution < 1.29 is 17.3 Å². The van der Waals surface area contributed by atoms with Crippen molar-refractivity contribution in [3.63, 3.8) is 0 Å². The van der Waals surface area contributed by atoms with E-state index >= 15 is 0 Å². The molecule has 0 aliphatic heterocycles. The van der Waals surface area contributed by atoms with E-state index in [0.717, 1.165) is 5.56 Å². The van der Waals surface area contributed by atoms with Gasteiger partial charge >= 0.3 is 12.9 Å². The number of hydrogen-bond acceptors (Lipinski definition) is 3. The number of halogens is 4. The molecule has 1 aromatic carbocycles. The molecule has 0 radical (unpaired) electrons. The summed E-state index contributed by atoms with van der Waals surface area (Å²) in [5.74, 6) is 0. The van der Waals surface area contributed by atoms with Crippen molar-refractivity contribution in [1.82, 2.24) is 0 Å². The quantitative estimate of drug-likeness (QED) is 0.285. The van der Waals surface area contributed by atoms with Gasteiger partial charge in [0.05, 0.1) is 5.54 Å². The van der Waals surface area contributed by atoms with Crippen LogP contribution in [0, 0.1) is 12.3 Å². The Morgan fingerprint density at radius 3 is 2.05 bits per heavy atom. The molecule has 0 aliphatic rings. The largest absolute Gasteiger partial charge is 0.673 e. The van der Waals surface area contributed by atoms with E-state index in [1.54, 1.807) is 12.1 Å². The summed E-state index contributed by atoms with van der Waals surface area (Å²) in [5.41, 5.74) is 1.83. The molecule has 0 aliphatic carbocycles. The van der Waals surface area contributed by atoms with Crippen molar-refractivity contribution in [3.8, 4) is 0 Å². The van der Waals surface area contributed by atoms with E-state index in [4.69, 9.17) is 5.39 Å². The first-order chi connectivity index (χ1) is 8.92. The average molecular weight is 290 g/mol. The van der Waals surface area contributed by atoms with Gasteiger partial charge in [-0.3, -0.25) is 0 Å². The zero-order chi connectivity index (χ0) is 16.0. The lowest BCUT2D eigenvalue weighted by atomic mass is 10.1. The molecule has 20 heavy (non-hydrogen) atoms. The van der Waals surface area contributed by atoms with Gasteiger partial charge in [-0.2, -0.15) is 5.11 Å². The number of aryl methyl sites for hydroxylation is 1. The van der Waals surface area contributed by atoms with Crippen LogP contribution >= 0.6 is 0 Å². The Morgan fingerprint density at radius 1 is 1.15 bits per heavy atom. The molecule has 9 heteroatoms. The van der Waals surface area contributed by atoms with Gasteiger partial charge in [-0.25, -0.2) is 0 Å². The first-order valence-electron chi connectivity index (χ1n) is 5.68. The molecule has 0 spiro atoms. The van der Waals surface area contributed by atoms with Gasteiger partial charge in [0.15, 0.2) is 10.7 Å². The maximum absolute atomic E-state index is 9.75. The monoisotopic (exact) mass is 290 g/mol. The zero-order valence-corrected chi connectivity index (χ0v) is 11.6. The van der Waals surface area contributed by atoms with Crippen molar-refractivity contribution in [2.75, 3.05) is 0 Å². The Kier molecular flexibility index (Phi) is 6.29. The molecular weight excluding hydrogens is 275 g/mol. The van der Waals surface area contributed by atoms with Gasteiger partial charge in [0.1, 0.15) is 0 Å². The molecule has 0 amide bonds. The fourth-order valence-electron chi connectivity index (χ4n) is 1.00. The third kappa shape index (κ3) is 9.99. The van der Waals surface area contributed by atoms with E-state index < -0.39 is 7.25 Å². The molecule has 0 atom stereocenters. The molecule has 0 saturated heterocycles. The Balaban J connectivity index is 0.000000621. The highest BCUT2D eigenvalue weighted by atomic mass is 19.5. The summed E-state index contributed by atoms with van der Waals surface area (Å²) < 4.78 is 39.0. The van der Waals surface area contributed by atoms with E-state index in [2.05, 4.69) is 15.2 Å². The molecule has 1 aromatic rings. The summed E-state index contributed by atoms with van der Waals surface area (Å²) in [6, 6.07) is 5.46. The fraction of sp³-hybridized carbons (Fsp3) is 0.455. The van der Waals surface area contributed by atoms with E-state index in [9.17, 15) is 17.3 Å². The van der Waals surface area contributed by atoms with Gasteiger partial charge in [0.2, 0.25) is 5.39 Å². The molecule has 0 unspecified atom stereocenters. The van der Waals surface area contributed by atoms with Gasteiger partial charge in [-0.1, -0.05) is 6.07 Å². The molecule has 0 heterocycles. The second kappa shape index (κ2) is 6.98. The van der Waals surface area contributed by atoms with Crippen molar-refractivity contribution in [2.45, 2.75) is 33.2 Å². The minimum Gasteiger partial charge on any atom is -0.418 e. The third-order valence-corrected chi connectivity index (χ3v) is 1.70. The summed E-state index contributed by atoms with van der Waals surface area (Å²) in [6.45, 7) is 7.81. The van der Waals surface area contributed by atoms with Crippen molar-refractivity contribution in [3.05, 3.63) is 28.7 Å². The lowest BCUT2D eigenvalue weighted by Gasteiger charge is -2.08. The number of rotatable bonds is 1. The van der Waals surface area contributed by atoms with Crippen LogP contribution in [0.5, 0.6) is 0 Å². The van der Waals surface area contributed by atoms with Crippen LogP contribution in [0.2, 0.25) is 0 Å². The number of diazo groups is 1. The van der Waals surface area contributed by atoms with Gasteiger partial charge < -0.3 is 17.3 Å². The van der Waals surface area contributed by atoms with Gasteiger partial charge in [0.25, 0.3) is 0 Å². The van der Waals surface area contributed by atoms with Crippen LogP contribution in [0.15, 0.2) is 28.4 Å². The van der Waals surface area contributed by atoms with Crippen LogP contribution in [0.1, 0.15) is 26.3 Å². The Morgan fingerprint density at radius 2 is 1.65 bits per heavy atom. The maximum Gasteiger partial charge on any atom is 0.673 e. The molecular formula is C11H15BF4N4. The minimum absolute atomic E-state index is 0.225. The lowest BCUT2D eigenvalue weighted by molar-refractivity contribution is 0.368. The first kappa shape index (κ1) is 18.0. The Hall–Kier alpha value is -1.98. The second-order valence-corrected chi connectivity index (χ2v) is 4.96. The minimum atomic E-state index is -6.00. The maximum atomic E-state index is 9.75. The predicted octanol–water partition coefficient (Wildman–Crippen LogP) is 5.66. The molecule has 0 N–H and O–H groups in total. The average Bonchev–Trinajstić information content (AvgIpc) is 2.23. The van der Waals surface area contributed by atoms with E-state index in [1.165, 1.54) is 0 Å². The topological polar surface area (TPSA) is 52.9 Å². The van der Waals surface area contributed by atoms with Crippen LogP contribution in [-0.4, -0.2) is 12.8 Å². The molecule has 0 aromatic heterocycles. The first-order valence-corrected chi connectivity index (χ1v) is 5.68. The van der Waals surface area contributed by atoms with Crippen molar-refractivity contribution in [2.24, 2.45) is 10.2 Å². The highest BCUT2D eigenvalue weighted by molar-refractivity contribution is 6.50. The molecule has 110 valence electrons. The second-order valence-electron chi connectivity index (χ2n) is 4.96. The predicted molar refractivity (Wildman–Crippen MR) is 70.4 cm³/mol. The Bertz CT molecular complexity index is 509. The Labute approximate surface area is 114 Å². The molecule has 0 fully saturated rings. The summed E-state index contributed by atoms with van der Waals surface area (Å²) >= 11 is 0. The normalized spacial score (nSPS) is 11.8. The molecule has 1 rings (SSSR count). The van der Waals surface area contributed by atoms with E-state index in [-0.39, 0.29) is 5.54 Å². The summed E-state index contributed by atoms with van der Waals surface area (Å²) in [6.07, 6.45) is 0. The smallest absolute Gasteiger partial charge is 0.418 e. The summed E-state index contributed by atoms with van der Waals surface area (Å²) in [4.78, 5) is 3.18. The van der Waals surface area contributed by atoms with Crippen LogP contribution in [0.4, 0.5) is 28.6 Å². The van der Waals surface area contributed by atoms with Gasteiger partial charge in [0, 0.05) is 6.07 Å². The summed E-state index contributed by atoms with van der Waals surface area (Å²) in [7, 11) is -6.00. The number of benzene rings is 1. The van der Waals surface area contributed by atoms with E-state index in [1.807, 2.05) is 33.8 Å². The van der Waals surface area contributed by atoms with Gasteiger partial charge in [-0.05, 0) is 39.3 Å². The molecule has 0 saturated carbocycles. The zero-order valence-electron chi connectivity index (χ0n) is 11.6. The lowest BCUT2D eigenvalue weighted by Crippen LogP contribution is -2.07. The highest BCUT2D eigenvalue weighted by Crippen LogP contribution is 2.29. The van der Waals surface area contributed by atoms with Crippen LogP contribution in [-0.2, 0) is 0 Å². The fourth-order valence-corrected chi connectivity index (χ4v) is 1.00. The van der Waals surface area contributed by atoms with Crippen LogP contribution in [0.25, 0.3) is 4.98 Å². The standard InChI is InChI=1S/C11H15N4.BF4/c1-8-5-6-9(10(7-8)13-12)14-15-11(2,3)4;2-1(3,4)5/h5-7H,1-4H3;/q+1;-1. The molecule has 4 nitrogen and oxygen atoms in total.